The summed E-state index contributed by atoms with van der Waals surface area (Å²) in [4.78, 5) is 24.7. The van der Waals surface area contributed by atoms with Gasteiger partial charge in [-0.2, -0.15) is 0 Å². The summed E-state index contributed by atoms with van der Waals surface area (Å²) >= 11 is 0. The highest BCUT2D eigenvalue weighted by Crippen LogP contribution is 2.09. The smallest absolute Gasteiger partial charge is 0.234 e. The third-order valence-corrected chi connectivity index (χ3v) is 3.62. The van der Waals surface area contributed by atoms with Gasteiger partial charge in [-0.25, -0.2) is 9.97 Å². The van der Waals surface area contributed by atoms with Crippen LogP contribution in [0.4, 0.5) is 5.95 Å². The number of nitrogens with one attached hydrogen (secondary N) is 1. The van der Waals surface area contributed by atoms with Crippen LogP contribution in [-0.4, -0.2) is 60.0 Å². The Bertz CT molecular complexity index is 429. The topological polar surface area (TPSA) is 61.4 Å². The molecule has 6 nitrogen and oxygen atoms in total. The highest BCUT2D eigenvalue weighted by Gasteiger charge is 2.20. The molecule has 1 fully saturated rings. The Hall–Kier alpha value is -1.69. The van der Waals surface area contributed by atoms with E-state index in [-0.39, 0.29) is 5.91 Å². The van der Waals surface area contributed by atoms with E-state index in [2.05, 4.69) is 38.9 Å². The van der Waals surface area contributed by atoms with E-state index in [0.29, 0.717) is 12.5 Å². The second-order valence-electron chi connectivity index (χ2n) is 5.84. The first-order chi connectivity index (χ1) is 10.1. The van der Waals surface area contributed by atoms with Crippen LogP contribution in [0.5, 0.6) is 0 Å². The van der Waals surface area contributed by atoms with Crippen molar-refractivity contribution in [3.05, 3.63) is 18.5 Å². The van der Waals surface area contributed by atoms with Gasteiger partial charge in [-0.1, -0.05) is 13.8 Å². The van der Waals surface area contributed by atoms with Gasteiger partial charge in [0.25, 0.3) is 0 Å². The van der Waals surface area contributed by atoms with E-state index in [0.717, 1.165) is 45.1 Å². The van der Waals surface area contributed by atoms with Gasteiger partial charge in [-0.05, 0) is 18.4 Å². The number of aromatic nitrogens is 2. The molecule has 1 amide bonds. The normalized spacial score (nSPS) is 16.2. The minimum Gasteiger partial charge on any atom is -0.355 e. The summed E-state index contributed by atoms with van der Waals surface area (Å²) in [7, 11) is 0. The van der Waals surface area contributed by atoms with Crippen molar-refractivity contribution in [3.8, 4) is 0 Å². The molecule has 1 aliphatic heterocycles. The summed E-state index contributed by atoms with van der Waals surface area (Å²) in [6, 6.07) is 1.82. The number of anilines is 1. The van der Waals surface area contributed by atoms with Crippen LogP contribution in [-0.2, 0) is 4.79 Å². The molecule has 116 valence electrons. The first-order valence-electron chi connectivity index (χ1n) is 7.66. The summed E-state index contributed by atoms with van der Waals surface area (Å²) in [5.41, 5.74) is 0. The lowest BCUT2D eigenvalue weighted by Gasteiger charge is -2.34. The number of rotatable bonds is 6. The molecule has 1 aliphatic rings. The molecule has 0 saturated carbocycles. The molecule has 21 heavy (non-hydrogen) atoms. The lowest BCUT2D eigenvalue weighted by molar-refractivity contribution is -0.122. The van der Waals surface area contributed by atoms with Crippen molar-refractivity contribution in [1.29, 1.82) is 0 Å². The molecule has 1 aromatic heterocycles. The molecule has 1 aromatic rings. The van der Waals surface area contributed by atoms with E-state index in [1.165, 1.54) is 0 Å². The van der Waals surface area contributed by atoms with Gasteiger partial charge in [0.05, 0.1) is 6.54 Å². The lowest BCUT2D eigenvalue weighted by atomic mass is 10.1. The van der Waals surface area contributed by atoms with E-state index in [4.69, 9.17) is 0 Å². The van der Waals surface area contributed by atoms with E-state index in [9.17, 15) is 4.79 Å². The van der Waals surface area contributed by atoms with E-state index >= 15 is 0 Å². The average Bonchev–Trinajstić information content (AvgIpc) is 2.48. The van der Waals surface area contributed by atoms with E-state index in [1.54, 1.807) is 12.4 Å². The Kier molecular flexibility index (Phi) is 5.92. The summed E-state index contributed by atoms with van der Waals surface area (Å²) < 4.78 is 0. The molecular formula is C15H25N5O. The van der Waals surface area contributed by atoms with E-state index in [1.807, 2.05) is 6.07 Å². The van der Waals surface area contributed by atoms with Crippen molar-refractivity contribution >= 4 is 11.9 Å². The summed E-state index contributed by atoms with van der Waals surface area (Å²) in [6.45, 7) is 9.06. The van der Waals surface area contributed by atoms with Crippen molar-refractivity contribution in [2.45, 2.75) is 20.3 Å². The van der Waals surface area contributed by atoms with Crippen molar-refractivity contribution < 1.29 is 4.79 Å². The van der Waals surface area contributed by atoms with Crippen molar-refractivity contribution in [2.24, 2.45) is 5.92 Å². The third-order valence-electron chi connectivity index (χ3n) is 3.62. The van der Waals surface area contributed by atoms with E-state index < -0.39 is 0 Å². The lowest BCUT2D eigenvalue weighted by Crippen LogP contribution is -2.50. The van der Waals surface area contributed by atoms with Crippen LogP contribution < -0.4 is 10.2 Å². The third kappa shape index (κ3) is 5.30. The van der Waals surface area contributed by atoms with Crippen LogP contribution in [0.2, 0.25) is 0 Å². The van der Waals surface area contributed by atoms with Gasteiger partial charge in [-0.15, -0.1) is 0 Å². The Labute approximate surface area is 126 Å². The molecule has 0 aliphatic carbocycles. The first kappa shape index (κ1) is 15.7. The number of hydrogen-bond acceptors (Lipinski definition) is 5. The Morgan fingerprint density at radius 1 is 1.24 bits per heavy atom. The van der Waals surface area contributed by atoms with Gasteiger partial charge in [0, 0.05) is 45.1 Å². The second kappa shape index (κ2) is 7.93. The zero-order chi connectivity index (χ0) is 15.1. The Morgan fingerprint density at radius 3 is 2.52 bits per heavy atom. The Morgan fingerprint density at radius 2 is 1.90 bits per heavy atom. The van der Waals surface area contributed by atoms with Crippen LogP contribution in [0.25, 0.3) is 0 Å². The van der Waals surface area contributed by atoms with Gasteiger partial charge in [0.1, 0.15) is 0 Å². The predicted octanol–water partition coefficient (Wildman–Crippen LogP) is 0.761. The van der Waals surface area contributed by atoms with Gasteiger partial charge in [0.15, 0.2) is 0 Å². The maximum absolute atomic E-state index is 11.9. The summed E-state index contributed by atoms with van der Waals surface area (Å²) in [6.07, 6.45) is 4.55. The molecule has 0 spiro atoms. The highest BCUT2D eigenvalue weighted by molar-refractivity contribution is 5.78. The molecule has 1 N–H and O–H groups in total. The highest BCUT2D eigenvalue weighted by atomic mass is 16.2. The fraction of sp³-hybridized carbons (Fsp3) is 0.667. The molecule has 2 rings (SSSR count). The van der Waals surface area contributed by atoms with Crippen molar-refractivity contribution in [3.63, 3.8) is 0 Å². The van der Waals surface area contributed by atoms with Crippen molar-refractivity contribution in [2.75, 3.05) is 44.2 Å². The minimum atomic E-state index is 0.125. The molecule has 0 aromatic carbocycles. The molecule has 0 unspecified atom stereocenters. The Balaban J connectivity index is 1.68. The summed E-state index contributed by atoms with van der Waals surface area (Å²) in [5.74, 6) is 1.53. The number of carbonyl (C=O) groups is 1. The van der Waals surface area contributed by atoms with Crippen LogP contribution in [0.1, 0.15) is 20.3 Å². The summed E-state index contributed by atoms with van der Waals surface area (Å²) in [5, 5.41) is 2.99. The number of amides is 1. The zero-order valence-electron chi connectivity index (χ0n) is 13.0. The number of hydrogen-bond donors (Lipinski definition) is 1. The van der Waals surface area contributed by atoms with Crippen molar-refractivity contribution in [1.82, 2.24) is 20.2 Å². The quantitative estimate of drug-likeness (QED) is 0.838. The maximum atomic E-state index is 11.9. The predicted molar refractivity (Wildman–Crippen MR) is 83.1 cm³/mol. The average molecular weight is 291 g/mol. The second-order valence-corrected chi connectivity index (χ2v) is 5.84. The van der Waals surface area contributed by atoms with Gasteiger partial charge >= 0.3 is 0 Å². The van der Waals surface area contributed by atoms with Crippen LogP contribution >= 0.6 is 0 Å². The standard InChI is InChI=1S/C15H25N5O/c1-13(2)4-7-16-14(21)12-19-8-10-20(11-9-19)15-17-5-3-6-18-15/h3,5-6,13H,4,7-12H2,1-2H3,(H,16,21). The minimum absolute atomic E-state index is 0.125. The fourth-order valence-electron chi connectivity index (χ4n) is 2.32. The first-order valence-corrected chi connectivity index (χ1v) is 7.66. The SMILES string of the molecule is CC(C)CCNC(=O)CN1CCN(c2ncccn2)CC1. The fourth-order valence-corrected chi connectivity index (χ4v) is 2.32. The van der Waals surface area contributed by atoms with Crippen LogP contribution in [0.15, 0.2) is 18.5 Å². The monoisotopic (exact) mass is 291 g/mol. The molecule has 1 saturated heterocycles. The zero-order valence-corrected chi connectivity index (χ0v) is 13.0. The van der Waals surface area contributed by atoms with Gasteiger partial charge < -0.3 is 10.2 Å². The van der Waals surface area contributed by atoms with Crippen LogP contribution in [0.3, 0.4) is 0 Å². The molecule has 0 radical (unpaired) electrons. The largest absolute Gasteiger partial charge is 0.355 e. The van der Waals surface area contributed by atoms with Gasteiger partial charge in [-0.3, -0.25) is 9.69 Å². The molecule has 6 heteroatoms. The molecule has 2 heterocycles. The molecule has 0 atom stereocenters. The maximum Gasteiger partial charge on any atom is 0.234 e. The number of carbonyl (C=O) groups excluding carboxylic acids is 1. The molecule has 0 bridgehead atoms. The number of nitrogens with zero attached hydrogens (tertiary/aromatic N) is 4. The van der Waals surface area contributed by atoms with Gasteiger partial charge in [0.2, 0.25) is 11.9 Å². The molecular weight excluding hydrogens is 266 g/mol. The number of piperazine rings is 1. The van der Waals surface area contributed by atoms with Crippen LogP contribution in [0, 0.1) is 5.92 Å².